The molecule has 92 valence electrons. The second kappa shape index (κ2) is 5.71. The molecule has 1 aliphatic heterocycles. The highest BCUT2D eigenvalue weighted by Crippen LogP contribution is 2.13. The molecule has 1 fully saturated rings. The maximum atomic E-state index is 12.2. The minimum absolute atomic E-state index is 0.189. The number of hydrogen-bond acceptors (Lipinski definition) is 1. The quantitative estimate of drug-likeness (QED) is 0.786. The van der Waals surface area contributed by atoms with Gasteiger partial charge in [-0.05, 0) is 25.3 Å². The Morgan fingerprint density at radius 1 is 1.24 bits per heavy atom. The lowest BCUT2D eigenvalue weighted by Gasteiger charge is -2.26. The second-order valence-corrected chi connectivity index (χ2v) is 4.48. The summed E-state index contributed by atoms with van der Waals surface area (Å²) >= 11 is 0. The molecule has 0 N–H and O–H groups in total. The van der Waals surface area contributed by atoms with E-state index in [2.05, 4.69) is 12.1 Å². The molecule has 2 rings (SSSR count). The highest BCUT2D eigenvalue weighted by atomic mass is 16.2. The van der Waals surface area contributed by atoms with Crippen LogP contribution >= 0.6 is 0 Å². The van der Waals surface area contributed by atoms with Gasteiger partial charge in [0.1, 0.15) is 0 Å². The second-order valence-electron chi connectivity index (χ2n) is 4.48. The van der Waals surface area contributed by atoms with Gasteiger partial charge in [0, 0.05) is 26.2 Å². The van der Waals surface area contributed by atoms with E-state index in [0.717, 1.165) is 32.5 Å². The Hall–Kier alpha value is -1.51. The van der Waals surface area contributed by atoms with E-state index in [1.165, 1.54) is 5.56 Å². The molecule has 0 aromatic heterocycles. The van der Waals surface area contributed by atoms with Crippen LogP contribution in [0.5, 0.6) is 0 Å². The zero-order valence-electron chi connectivity index (χ0n) is 10.4. The summed E-state index contributed by atoms with van der Waals surface area (Å²) in [7, 11) is 0. The van der Waals surface area contributed by atoms with Crippen LogP contribution in [0.2, 0.25) is 0 Å². The molecule has 2 amide bonds. The molecule has 1 heterocycles. The number of likely N-dealkylation sites (tertiary alicyclic amines) is 1. The number of urea groups is 1. The maximum Gasteiger partial charge on any atom is 0.320 e. The fraction of sp³-hybridized carbons (Fsp3) is 0.500. The summed E-state index contributed by atoms with van der Waals surface area (Å²) in [5.74, 6) is 0. The lowest BCUT2D eigenvalue weighted by molar-refractivity contribution is 0.162. The summed E-state index contributed by atoms with van der Waals surface area (Å²) in [6.07, 6.45) is 2.29. The number of nitrogens with zero attached hydrogens (tertiary/aromatic N) is 2. The standard InChI is InChI=1S/C14H20N2O/c1-2-15(12-13-8-4-3-5-9-13)14(17)16-10-6-7-11-16/h3-5,8-9H,2,6-7,10-12H2,1H3. The predicted molar refractivity (Wildman–Crippen MR) is 68.7 cm³/mol. The molecule has 3 heteroatoms. The molecular formula is C14H20N2O. The van der Waals surface area contributed by atoms with Gasteiger partial charge >= 0.3 is 6.03 Å². The van der Waals surface area contributed by atoms with Crippen molar-refractivity contribution < 1.29 is 4.79 Å². The van der Waals surface area contributed by atoms with E-state index >= 15 is 0 Å². The Labute approximate surface area is 103 Å². The van der Waals surface area contributed by atoms with Crippen LogP contribution in [0.4, 0.5) is 4.79 Å². The predicted octanol–water partition coefficient (Wildman–Crippen LogP) is 2.72. The third-order valence-corrected chi connectivity index (χ3v) is 3.25. The van der Waals surface area contributed by atoms with Crippen LogP contribution in [0, 0.1) is 0 Å². The van der Waals surface area contributed by atoms with Crippen LogP contribution in [0.1, 0.15) is 25.3 Å². The number of hydrogen-bond donors (Lipinski definition) is 0. The van der Waals surface area contributed by atoms with Crippen LogP contribution in [-0.2, 0) is 6.54 Å². The fourth-order valence-electron chi connectivity index (χ4n) is 2.23. The van der Waals surface area contributed by atoms with Gasteiger partial charge in [0.25, 0.3) is 0 Å². The summed E-state index contributed by atoms with van der Waals surface area (Å²) in [5.41, 5.74) is 1.20. The Bertz CT molecular complexity index is 358. The molecule has 1 aromatic carbocycles. The van der Waals surface area contributed by atoms with Gasteiger partial charge in [-0.25, -0.2) is 4.79 Å². The first-order valence-electron chi connectivity index (χ1n) is 6.39. The van der Waals surface area contributed by atoms with Crippen molar-refractivity contribution in [2.45, 2.75) is 26.3 Å². The average Bonchev–Trinajstić information content (AvgIpc) is 2.90. The van der Waals surface area contributed by atoms with E-state index in [1.807, 2.05) is 34.9 Å². The van der Waals surface area contributed by atoms with Gasteiger partial charge in [-0.3, -0.25) is 0 Å². The van der Waals surface area contributed by atoms with Crippen LogP contribution in [0.25, 0.3) is 0 Å². The van der Waals surface area contributed by atoms with Gasteiger partial charge in [-0.2, -0.15) is 0 Å². The normalized spacial score (nSPS) is 15.0. The number of rotatable bonds is 3. The monoisotopic (exact) mass is 232 g/mol. The smallest absolute Gasteiger partial charge is 0.320 e. The van der Waals surface area contributed by atoms with Crippen molar-refractivity contribution in [2.75, 3.05) is 19.6 Å². The van der Waals surface area contributed by atoms with E-state index in [1.54, 1.807) is 0 Å². The minimum atomic E-state index is 0.189. The lowest BCUT2D eigenvalue weighted by atomic mass is 10.2. The molecule has 1 aliphatic rings. The number of benzene rings is 1. The maximum absolute atomic E-state index is 12.2. The first kappa shape index (κ1) is 12.0. The molecule has 0 radical (unpaired) electrons. The molecule has 0 spiro atoms. The van der Waals surface area contributed by atoms with E-state index in [-0.39, 0.29) is 6.03 Å². The Morgan fingerprint density at radius 3 is 2.47 bits per heavy atom. The molecule has 1 saturated heterocycles. The number of carbonyl (C=O) groups excluding carboxylic acids is 1. The zero-order chi connectivity index (χ0) is 12.1. The molecule has 0 saturated carbocycles. The summed E-state index contributed by atoms with van der Waals surface area (Å²) in [6, 6.07) is 10.4. The first-order valence-corrected chi connectivity index (χ1v) is 6.39. The number of amides is 2. The Kier molecular flexibility index (Phi) is 4.02. The molecule has 0 atom stereocenters. The molecule has 1 aromatic rings. The van der Waals surface area contributed by atoms with Crippen LogP contribution in [-0.4, -0.2) is 35.5 Å². The van der Waals surface area contributed by atoms with Crippen molar-refractivity contribution in [1.29, 1.82) is 0 Å². The highest BCUT2D eigenvalue weighted by molar-refractivity contribution is 5.74. The van der Waals surface area contributed by atoms with E-state index in [9.17, 15) is 4.79 Å². The van der Waals surface area contributed by atoms with Crippen LogP contribution in [0.3, 0.4) is 0 Å². The van der Waals surface area contributed by atoms with Gasteiger partial charge in [0.15, 0.2) is 0 Å². The molecule has 0 aliphatic carbocycles. The van der Waals surface area contributed by atoms with Gasteiger partial charge in [0.05, 0.1) is 0 Å². The first-order chi connectivity index (χ1) is 8.31. The third-order valence-electron chi connectivity index (χ3n) is 3.25. The fourth-order valence-corrected chi connectivity index (χ4v) is 2.23. The van der Waals surface area contributed by atoms with Gasteiger partial charge in [0.2, 0.25) is 0 Å². The molecule has 0 bridgehead atoms. The minimum Gasteiger partial charge on any atom is -0.325 e. The van der Waals surface area contributed by atoms with E-state index in [4.69, 9.17) is 0 Å². The van der Waals surface area contributed by atoms with Crippen molar-refractivity contribution >= 4 is 6.03 Å². The van der Waals surface area contributed by atoms with Crippen molar-refractivity contribution in [2.24, 2.45) is 0 Å². The topological polar surface area (TPSA) is 23.6 Å². The van der Waals surface area contributed by atoms with Crippen LogP contribution < -0.4 is 0 Å². The highest BCUT2D eigenvalue weighted by Gasteiger charge is 2.22. The van der Waals surface area contributed by atoms with Crippen LogP contribution in [0.15, 0.2) is 30.3 Å². The van der Waals surface area contributed by atoms with E-state index in [0.29, 0.717) is 6.54 Å². The SMILES string of the molecule is CCN(Cc1ccccc1)C(=O)N1CCCC1. The summed E-state index contributed by atoms with van der Waals surface area (Å²) in [6.45, 7) is 5.36. The molecule has 17 heavy (non-hydrogen) atoms. The summed E-state index contributed by atoms with van der Waals surface area (Å²) in [5, 5.41) is 0. The average molecular weight is 232 g/mol. The van der Waals surface area contributed by atoms with Crippen molar-refractivity contribution in [3.05, 3.63) is 35.9 Å². The zero-order valence-corrected chi connectivity index (χ0v) is 10.4. The van der Waals surface area contributed by atoms with Crippen molar-refractivity contribution in [3.8, 4) is 0 Å². The van der Waals surface area contributed by atoms with Gasteiger partial charge in [-0.1, -0.05) is 30.3 Å². The number of carbonyl (C=O) groups is 1. The third kappa shape index (κ3) is 2.99. The summed E-state index contributed by atoms with van der Waals surface area (Å²) in [4.78, 5) is 16.1. The Balaban J connectivity index is 1.98. The largest absolute Gasteiger partial charge is 0.325 e. The van der Waals surface area contributed by atoms with Gasteiger partial charge in [-0.15, -0.1) is 0 Å². The van der Waals surface area contributed by atoms with Crippen molar-refractivity contribution in [1.82, 2.24) is 9.80 Å². The summed E-state index contributed by atoms with van der Waals surface area (Å²) < 4.78 is 0. The van der Waals surface area contributed by atoms with Crippen molar-refractivity contribution in [3.63, 3.8) is 0 Å². The molecule has 3 nitrogen and oxygen atoms in total. The lowest BCUT2D eigenvalue weighted by Crippen LogP contribution is -2.41. The molecule has 0 unspecified atom stereocenters. The van der Waals surface area contributed by atoms with E-state index < -0.39 is 0 Å². The molecular weight excluding hydrogens is 212 g/mol. The Morgan fingerprint density at radius 2 is 1.88 bits per heavy atom. The van der Waals surface area contributed by atoms with Gasteiger partial charge < -0.3 is 9.80 Å².